The predicted molar refractivity (Wildman–Crippen MR) is 75.3 cm³/mol. The van der Waals surface area contributed by atoms with E-state index < -0.39 is 8.32 Å². The first-order valence-corrected chi connectivity index (χ1v) is 8.91. The number of hydrogen-bond acceptors (Lipinski definition) is 2. The molecule has 0 unspecified atom stereocenters. The van der Waals surface area contributed by atoms with Crippen LogP contribution in [-0.2, 0) is 4.43 Å². The fourth-order valence-electron chi connectivity index (χ4n) is 1.49. The molecule has 0 N–H and O–H groups in total. The van der Waals surface area contributed by atoms with Crippen LogP contribution in [-0.4, -0.2) is 14.0 Å². The highest BCUT2D eigenvalue weighted by atomic mass is 28.4. The van der Waals surface area contributed by atoms with E-state index in [-0.39, 0.29) is 5.04 Å². The summed E-state index contributed by atoms with van der Waals surface area (Å²) in [7, 11) is -1.73. The first-order chi connectivity index (χ1) is 7.79. The number of rotatable bonds is 2. The molecule has 3 heteroatoms. The highest BCUT2D eigenvalue weighted by Gasteiger charge is 2.39. The van der Waals surface area contributed by atoms with Gasteiger partial charge in [0.1, 0.15) is 6.10 Å². The minimum atomic E-state index is -1.73. The number of hydrogen-bond donors (Lipinski definition) is 0. The third-order valence-electron chi connectivity index (χ3n) is 3.65. The van der Waals surface area contributed by atoms with Crippen molar-refractivity contribution in [3.05, 3.63) is 42.2 Å². The molecule has 0 spiro atoms. The van der Waals surface area contributed by atoms with Crippen molar-refractivity contribution in [2.45, 2.75) is 38.9 Å². The lowest BCUT2D eigenvalue weighted by molar-refractivity contribution is 0.350. The van der Waals surface area contributed by atoms with E-state index in [1.54, 1.807) is 0 Å². The van der Waals surface area contributed by atoms with Crippen molar-refractivity contribution < 1.29 is 4.43 Å². The Morgan fingerprint density at radius 1 is 1.12 bits per heavy atom. The molecule has 0 aromatic heterocycles. The van der Waals surface area contributed by atoms with Crippen molar-refractivity contribution in [3.63, 3.8) is 0 Å². The third-order valence-corrected chi connectivity index (χ3v) is 8.00. The maximum Gasteiger partial charge on any atom is 0.193 e. The van der Waals surface area contributed by atoms with Crippen molar-refractivity contribution in [1.82, 2.24) is 0 Å². The van der Waals surface area contributed by atoms with Crippen LogP contribution in [0.15, 0.2) is 41.1 Å². The zero-order chi connectivity index (χ0) is 12.7. The minimum Gasteiger partial charge on any atom is -0.401 e. The Balaban J connectivity index is 2.12. The van der Waals surface area contributed by atoms with Crippen LogP contribution in [0.1, 0.15) is 20.8 Å². The summed E-state index contributed by atoms with van der Waals surface area (Å²) in [5, 5.41) is 0.228. The summed E-state index contributed by atoms with van der Waals surface area (Å²) in [5.41, 5.74) is 2.19. The van der Waals surface area contributed by atoms with E-state index in [4.69, 9.17) is 4.43 Å². The smallest absolute Gasteiger partial charge is 0.193 e. The quantitative estimate of drug-likeness (QED) is 0.675. The molecule has 0 fully saturated rings. The van der Waals surface area contributed by atoms with Gasteiger partial charge in [-0.2, -0.15) is 0 Å². The van der Waals surface area contributed by atoms with E-state index >= 15 is 0 Å². The molecular weight excluding hydrogens is 226 g/mol. The molecular formula is C14H20NOSi. The van der Waals surface area contributed by atoms with Gasteiger partial charge in [-0.3, -0.25) is 4.99 Å². The van der Waals surface area contributed by atoms with Crippen molar-refractivity contribution in [1.29, 1.82) is 0 Å². The van der Waals surface area contributed by atoms with Crippen molar-refractivity contribution in [3.8, 4) is 0 Å². The van der Waals surface area contributed by atoms with Gasteiger partial charge >= 0.3 is 0 Å². The molecule has 2 nitrogen and oxygen atoms in total. The third kappa shape index (κ3) is 2.50. The summed E-state index contributed by atoms with van der Waals surface area (Å²) in [6.45, 7) is 11.3. The van der Waals surface area contributed by atoms with E-state index in [0.29, 0.717) is 0 Å². The van der Waals surface area contributed by atoms with Crippen LogP contribution in [0.25, 0.3) is 0 Å². The zero-order valence-electron chi connectivity index (χ0n) is 11.2. The molecule has 1 radical (unpaired) electrons. The number of fused-ring (bicyclic) bond motifs is 1. The zero-order valence-corrected chi connectivity index (χ0v) is 12.2. The normalized spacial score (nSPS) is 20.3. The summed E-state index contributed by atoms with van der Waals surface area (Å²) < 4.78 is 6.25. The summed E-state index contributed by atoms with van der Waals surface area (Å²) in [4.78, 5) is 4.26. The molecule has 0 saturated carbocycles. The van der Waals surface area contributed by atoms with Gasteiger partial charge in [-0.15, -0.1) is 0 Å². The highest BCUT2D eigenvalue weighted by Crippen LogP contribution is 2.39. The van der Waals surface area contributed by atoms with Gasteiger partial charge in [0.25, 0.3) is 0 Å². The van der Waals surface area contributed by atoms with Crippen LogP contribution >= 0.6 is 0 Å². The van der Waals surface area contributed by atoms with Gasteiger partial charge in [0.05, 0.1) is 5.71 Å². The van der Waals surface area contributed by atoms with Crippen LogP contribution in [0.2, 0.25) is 18.1 Å². The maximum absolute atomic E-state index is 6.25. The second-order valence-corrected chi connectivity index (χ2v) is 10.8. The van der Waals surface area contributed by atoms with Gasteiger partial charge < -0.3 is 4.43 Å². The molecule has 0 aromatic carbocycles. The first-order valence-electron chi connectivity index (χ1n) is 6.00. The maximum atomic E-state index is 6.25. The fourth-order valence-corrected chi connectivity index (χ4v) is 2.52. The average Bonchev–Trinajstić information content (AvgIpc) is 2.62. The van der Waals surface area contributed by atoms with E-state index in [1.807, 2.05) is 24.4 Å². The Hall–Kier alpha value is -0.933. The van der Waals surface area contributed by atoms with Gasteiger partial charge in [-0.1, -0.05) is 20.8 Å². The molecule has 0 amide bonds. The fraction of sp³-hybridized carbons (Fsp3) is 0.429. The molecule has 0 atom stereocenters. The molecule has 2 aliphatic rings. The topological polar surface area (TPSA) is 21.6 Å². The Bertz CT molecular complexity index is 436. The molecule has 2 rings (SSSR count). The van der Waals surface area contributed by atoms with Crippen molar-refractivity contribution in [2.24, 2.45) is 4.99 Å². The van der Waals surface area contributed by atoms with E-state index in [1.165, 1.54) is 0 Å². The van der Waals surface area contributed by atoms with Crippen molar-refractivity contribution in [2.75, 3.05) is 0 Å². The van der Waals surface area contributed by atoms with Crippen molar-refractivity contribution >= 4 is 14.0 Å². The lowest BCUT2D eigenvalue weighted by atomic mass is 10.0. The Morgan fingerprint density at radius 2 is 1.82 bits per heavy atom. The molecule has 1 aliphatic carbocycles. The average molecular weight is 246 g/mol. The van der Waals surface area contributed by atoms with Crippen LogP contribution in [0.3, 0.4) is 0 Å². The molecule has 1 aliphatic heterocycles. The van der Waals surface area contributed by atoms with Crippen LogP contribution < -0.4 is 0 Å². The second-order valence-electron chi connectivity index (χ2n) is 6.03. The van der Waals surface area contributed by atoms with Crippen LogP contribution in [0, 0.1) is 6.10 Å². The van der Waals surface area contributed by atoms with Gasteiger partial charge in [0, 0.05) is 11.8 Å². The minimum absolute atomic E-state index is 0.228. The Morgan fingerprint density at radius 3 is 2.47 bits per heavy atom. The Kier molecular flexibility index (Phi) is 3.00. The summed E-state index contributed by atoms with van der Waals surface area (Å²) in [6.07, 6.45) is 11.0. The largest absolute Gasteiger partial charge is 0.401 e. The van der Waals surface area contributed by atoms with E-state index in [0.717, 1.165) is 17.4 Å². The molecule has 0 saturated heterocycles. The van der Waals surface area contributed by atoms with E-state index in [9.17, 15) is 0 Å². The SMILES string of the molecule is CC(C)(C)[Si](C)(C)O[C]1C=CC2=NC=CC2=C1. The molecule has 1 heterocycles. The molecule has 0 aromatic rings. The highest BCUT2D eigenvalue weighted by molar-refractivity contribution is 6.74. The lowest BCUT2D eigenvalue weighted by Gasteiger charge is -2.38. The summed E-state index contributed by atoms with van der Waals surface area (Å²) in [5.74, 6) is 0. The van der Waals surface area contributed by atoms with Gasteiger partial charge in [0.15, 0.2) is 8.32 Å². The lowest BCUT2D eigenvalue weighted by Crippen LogP contribution is -2.41. The standard InChI is InChI=1S/C14H20NOSi/c1-14(2,3)17(4,5)16-12-6-7-13-11(10-12)8-9-15-13/h6-10H,1-5H3. The molecule has 17 heavy (non-hydrogen) atoms. The summed E-state index contributed by atoms with van der Waals surface area (Å²) >= 11 is 0. The van der Waals surface area contributed by atoms with Gasteiger partial charge in [-0.05, 0) is 42.4 Å². The predicted octanol–water partition coefficient (Wildman–Crippen LogP) is 4.00. The summed E-state index contributed by atoms with van der Waals surface area (Å²) in [6, 6.07) is 0. The number of nitrogens with zero attached hydrogens (tertiary/aromatic N) is 1. The van der Waals surface area contributed by atoms with Crippen LogP contribution in [0.5, 0.6) is 0 Å². The van der Waals surface area contributed by atoms with Crippen LogP contribution in [0.4, 0.5) is 0 Å². The molecule has 91 valence electrons. The Labute approximate surface area is 105 Å². The van der Waals surface area contributed by atoms with E-state index in [2.05, 4.69) is 44.9 Å². The second kappa shape index (κ2) is 4.07. The van der Waals surface area contributed by atoms with Gasteiger partial charge in [0.2, 0.25) is 0 Å². The van der Waals surface area contributed by atoms with Gasteiger partial charge in [-0.25, -0.2) is 0 Å². The number of aliphatic imine (C=N–C) groups is 1. The first kappa shape index (κ1) is 12.5. The monoisotopic (exact) mass is 246 g/mol. The molecule has 0 bridgehead atoms. The number of allylic oxidation sites excluding steroid dienone is 3.